The molecule has 2 heterocycles. The van der Waals surface area contributed by atoms with Crippen molar-refractivity contribution in [3.8, 4) is 11.5 Å². The molecule has 1 aliphatic heterocycles. The van der Waals surface area contributed by atoms with E-state index in [0.717, 1.165) is 5.56 Å². The first-order valence-corrected chi connectivity index (χ1v) is 9.24. The van der Waals surface area contributed by atoms with Gasteiger partial charge in [0.25, 0.3) is 0 Å². The van der Waals surface area contributed by atoms with Crippen molar-refractivity contribution in [2.45, 2.75) is 52.9 Å². The number of aromatic nitrogens is 3. The number of hydrogen-bond donors (Lipinski definition) is 1. The molecular weight excluding hydrogens is 360 g/mol. The molecule has 0 bridgehead atoms. The van der Waals surface area contributed by atoms with Crippen molar-refractivity contribution in [1.82, 2.24) is 14.8 Å². The number of methoxy groups -OCH3 is 1. The van der Waals surface area contributed by atoms with Gasteiger partial charge in [-0.2, -0.15) is 10.1 Å². The number of fused-ring (bicyclic) bond motifs is 1. The van der Waals surface area contributed by atoms with E-state index in [-0.39, 0.29) is 12.2 Å². The molecule has 0 spiro atoms. The van der Waals surface area contributed by atoms with Crippen LogP contribution in [-0.4, -0.2) is 40.1 Å². The van der Waals surface area contributed by atoms with Crippen molar-refractivity contribution < 1.29 is 19.0 Å². The number of rotatable bonds is 6. The Bertz CT molecular complexity index is 901. The van der Waals surface area contributed by atoms with Crippen LogP contribution in [0.15, 0.2) is 35.8 Å². The molecule has 3 rings (SSSR count). The van der Waals surface area contributed by atoms with E-state index in [9.17, 15) is 4.79 Å². The summed E-state index contributed by atoms with van der Waals surface area (Å²) in [7, 11) is 1.59. The number of carbonyl (C=O) groups excluding carboxylic acids is 1. The molecule has 8 nitrogen and oxygen atoms in total. The molecule has 8 heteroatoms. The number of nitrogens with one attached hydrogen (secondary N) is 1. The molecule has 0 aliphatic carbocycles. The van der Waals surface area contributed by atoms with Crippen LogP contribution >= 0.6 is 0 Å². The zero-order chi connectivity index (χ0) is 20.4. The molecule has 0 saturated heterocycles. The highest BCUT2D eigenvalue weighted by Gasteiger charge is 2.35. The van der Waals surface area contributed by atoms with Crippen LogP contribution in [0.2, 0.25) is 0 Å². The van der Waals surface area contributed by atoms with Gasteiger partial charge in [0.15, 0.2) is 11.5 Å². The van der Waals surface area contributed by atoms with E-state index in [1.165, 1.54) is 6.33 Å². The lowest BCUT2D eigenvalue weighted by molar-refractivity contribution is -0.143. The number of ether oxygens (including phenoxy) is 3. The van der Waals surface area contributed by atoms with E-state index in [4.69, 9.17) is 14.2 Å². The number of hydrogen-bond acceptors (Lipinski definition) is 7. The van der Waals surface area contributed by atoms with Gasteiger partial charge >= 0.3 is 5.97 Å². The minimum absolute atomic E-state index is 0.0132. The zero-order valence-corrected chi connectivity index (χ0v) is 17.0. The molecule has 1 aromatic carbocycles. The zero-order valence-electron chi connectivity index (χ0n) is 17.0. The normalized spacial score (nSPS) is 16.1. The van der Waals surface area contributed by atoms with Gasteiger partial charge in [-0.05, 0) is 52.3 Å². The van der Waals surface area contributed by atoms with E-state index >= 15 is 0 Å². The number of carbonyl (C=O) groups is 1. The fourth-order valence-electron chi connectivity index (χ4n) is 3.15. The lowest BCUT2D eigenvalue weighted by Gasteiger charge is -2.29. The average molecular weight is 386 g/mol. The van der Waals surface area contributed by atoms with Crippen molar-refractivity contribution in [2.24, 2.45) is 0 Å². The summed E-state index contributed by atoms with van der Waals surface area (Å²) < 4.78 is 18.5. The third kappa shape index (κ3) is 3.81. The summed E-state index contributed by atoms with van der Waals surface area (Å²) in [5, 5.41) is 7.44. The topological polar surface area (TPSA) is 87.5 Å². The van der Waals surface area contributed by atoms with Crippen LogP contribution in [0.25, 0.3) is 0 Å². The van der Waals surface area contributed by atoms with Gasteiger partial charge in [-0.15, -0.1) is 0 Å². The number of allylic oxidation sites excluding steroid dienone is 1. The molecule has 0 amide bonds. The quantitative estimate of drug-likeness (QED) is 0.762. The predicted molar refractivity (Wildman–Crippen MR) is 104 cm³/mol. The molecule has 0 radical (unpaired) electrons. The van der Waals surface area contributed by atoms with E-state index in [1.807, 2.05) is 52.8 Å². The number of benzene rings is 1. The molecule has 150 valence electrons. The smallest absolute Gasteiger partial charge is 0.338 e. The second-order valence-corrected chi connectivity index (χ2v) is 7.13. The third-order valence-corrected chi connectivity index (χ3v) is 4.22. The van der Waals surface area contributed by atoms with Crippen LogP contribution in [0.3, 0.4) is 0 Å². The Balaban J connectivity index is 2.10. The Morgan fingerprint density at radius 3 is 2.57 bits per heavy atom. The maximum Gasteiger partial charge on any atom is 0.338 e. The molecule has 28 heavy (non-hydrogen) atoms. The minimum atomic E-state index is -0.494. The highest BCUT2D eigenvalue weighted by Crippen LogP contribution is 2.39. The number of anilines is 1. The Hall–Kier alpha value is -3.03. The van der Waals surface area contributed by atoms with E-state index in [1.54, 1.807) is 11.8 Å². The van der Waals surface area contributed by atoms with Gasteiger partial charge in [-0.25, -0.2) is 9.48 Å². The first-order valence-electron chi connectivity index (χ1n) is 9.24. The van der Waals surface area contributed by atoms with E-state index < -0.39 is 12.0 Å². The summed E-state index contributed by atoms with van der Waals surface area (Å²) >= 11 is 0. The van der Waals surface area contributed by atoms with Gasteiger partial charge < -0.3 is 19.5 Å². The Labute approximate surface area is 164 Å². The van der Waals surface area contributed by atoms with Crippen LogP contribution in [0, 0.1) is 0 Å². The van der Waals surface area contributed by atoms with Gasteiger partial charge in [-0.3, -0.25) is 0 Å². The largest absolute Gasteiger partial charge is 0.493 e. The van der Waals surface area contributed by atoms with Crippen LogP contribution in [-0.2, 0) is 9.53 Å². The first kappa shape index (κ1) is 19.7. The number of nitrogens with zero attached hydrogens (tertiary/aromatic N) is 3. The van der Waals surface area contributed by atoms with Gasteiger partial charge in [0.2, 0.25) is 5.95 Å². The van der Waals surface area contributed by atoms with Crippen LogP contribution in [0.4, 0.5) is 5.95 Å². The predicted octanol–water partition coefficient (Wildman–Crippen LogP) is 3.31. The highest BCUT2D eigenvalue weighted by molar-refractivity contribution is 5.92. The third-order valence-electron chi connectivity index (χ3n) is 4.22. The average Bonchev–Trinajstić information content (AvgIpc) is 3.07. The molecule has 0 saturated carbocycles. The molecule has 1 aromatic heterocycles. The standard InChI is InChI=1S/C20H26N4O4/c1-11(2)27-15-8-7-14(9-16(15)26-6)18-17(19(25)28-12(3)4)13(5)23-20-21-10-22-24(18)20/h7-12,18H,1-6H3,(H,21,22,23)/t18-/m0/s1. The summed E-state index contributed by atoms with van der Waals surface area (Å²) in [5.41, 5.74) is 1.97. The Morgan fingerprint density at radius 2 is 1.93 bits per heavy atom. The maximum atomic E-state index is 12.9. The molecule has 0 unspecified atom stereocenters. The van der Waals surface area contributed by atoms with Crippen molar-refractivity contribution in [1.29, 1.82) is 0 Å². The van der Waals surface area contributed by atoms with Gasteiger partial charge in [0, 0.05) is 5.70 Å². The SMILES string of the molecule is COc1cc([C@H]2C(C(=O)OC(C)C)=C(C)Nc3ncnn32)ccc1OC(C)C. The monoisotopic (exact) mass is 386 g/mol. The highest BCUT2D eigenvalue weighted by atomic mass is 16.5. The Morgan fingerprint density at radius 1 is 1.18 bits per heavy atom. The van der Waals surface area contributed by atoms with Crippen molar-refractivity contribution >= 4 is 11.9 Å². The number of esters is 1. The molecule has 1 atom stereocenters. The summed E-state index contributed by atoms with van der Waals surface area (Å²) in [5.74, 6) is 1.39. The molecular formula is C20H26N4O4. The van der Waals surface area contributed by atoms with Gasteiger partial charge in [0.1, 0.15) is 12.4 Å². The van der Waals surface area contributed by atoms with E-state index in [0.29, 0.717) is 28.7 Å². The second kappa shape index (κ2) is 7.92. The summed E-state index contributed by atoms with van der Waals surface area (Å²) in [4.78, 5) is 17.1. The fourth-order valence-corrected chi connectivity index (χ4v) is 3.15. The lowest BCUT2D eigenvalue weighted by Crippen LogP contribution is -2.30. The molecule has 1 aliphatic rings. The van der Waals surface area contributed by atoms with Crippen LogP contribution in [0.1, 0.15) is 46.2 Å². The molecule has 1 N–H and O–H groups in total. The minimum Gasteiger partial charge on any atom is -0.493 e. The summed E-state index contributed by atoms with van der Waals surface area (Å²) in [6.07, 6.45) is 1.23. The van der Waals surface area contributed by atoms with Gasteiger partial charge in [0.05, 0.1) is 24.9 Å². The van der Waals surface area contributed by atoms with E-state index in [2.05, 4.69) is 15.4 Å². The fraction of sp³-hybridized carbons (Fsp3) is 0.450. The van der Waals surface area contributed by atoms with Crippen molar-refractivity contribution in [2.75, 3.05) is 12.4 Å². The lowest BCUT2D eigenvalue weighted by atomic mass is 9.95. The first-order chi connectivity index (χ1) is 13.3. The van der Waals surface area contributed by atoms with Crippen LogP contribution in [0.5, 0.6) is 11.5 Å². The summed E-state index contributed by atoms with van der Waals surface area (Å²) in [6.45, 7) is 9.37. The van der Waals surface area contributed by atoms with Crippen molar-refractivity contribution in [3.63, 3.8) is 0 Å². The van der Waals surface area contributed by atoms with Crippen LogP contribution < -0.4 is 14.8 Å². The maximum absolute atomic E-state index is 12.9. The second-order valence-electron chi connectivity index (χ2n) is 7.13. The van der Waals surface area contributed by atoms with Gasteiger partial charge in [-0.1, -0.05) is 6.07 Å². The Kier molecular flexibility index (Phi) is 5.58. The molecule has 2 aromatic rings. The summed E-state index contributed by atoms with van der Waals surface area (Å²) in [6, 6.07) is 5.10. The van der Waals surface area contributed by atoms with Crippen molar-refractivity contribution in [3.05, 3.63) is 41.4 Å². The molecule has 0 fully saturated rings.